The zero-order valence-corrected chi connectivity index (χ0v) is 12.4. The largest absolute Gasteiger partial charge is 0.378 e. The first-order valence-electron chi connectivity index (χ1n) is 7.44. The van der Waals surface area contributed by atoms with Crippen LogP contribution in [0.3, 0.4) is 0 Å². The van der Waals surface area contributed by atoms with Gasteiger partial charge in [-0.2, -0.15) is 0 Å². The van der Waals surface area contributed by atoms with Crippen molar-refractivity contribution >= 4 is 0 Å². The lowest BCUT2D eigenvalue weighted by atomic mass is 9.93. The number of hydrogen-bond acceptors (Lipinski definition) is 4. The smallest absolute Gasteiger partial charge is 0.251 e. The van der Waals surface area contributed by atoms with E-state index in [0.29, 0.717) is 24.7 Å². The molecule has 0 radical (unpaired) electrons. The van der Waals surface area contributed by atoms with Crippen LogP contribution in [0.15, 0.2) is 10.9 Å². The highest BCUT2D eigenvalue weighted by molar-refractivity contribution is 5.09. The number of aromatic amines is 1. The highest BCUT2D eigenvalue weighted by Gasteiger charge is 2.36. The van der Waals surface area contributed by atoms with Crippen LogP contribution in [0, 0.1) is 0 Å². The number of rotatable bonds is 5. The number of nitrogens with zero attached hydrogens (tertiary/aromatic N) is 1. The van der Waals surface area contributed by atoms with E-state index in [1.807, 2.05) is 6.92 Å². The predicted molar refractivity (Wildman–Crippen MR) is 76.6 cm³/mol. The van der Waals surface area contributed by atoms with Crippen molar-refractivity contribution in [3.8, 4) is 0 Å². The Hall–Kier alpha value is -1.20. The van der Waals surface area contributed by atoms with E-state index in [9.17, 15) is 4.79 Å². The first kappa shape index (κ1) is 15.2. The van der Waals surface area contributed by atoms with Gasteiger partial charge in [0.15, 0.2) is 0 Å². The van der Waals surface area contributed by atoms with Crippen molar-refractivity contribution in [2.75, 3.05) is 13.7 Å². The van der Waals surface area contributed by atoms with Crippen molar-refractivity contribution in [3.05, 3.63) is 27.9 Å². The van der Waals surface area contributed by atoms with E-state index < -0.39 is 5.60 Å². The van der Waals surface area contributed by atoms with Crippen LogP contribution in [0.2, 0.25) is 0 Å². The van der Waals surface area contributed by atoms with Crippen molar-refractivity contribution < 1.29 is 9.47 Å². The molecule has 0 bridgehead atoms. The van der Waals surface area contributed by atoms with E-state index in [1.54, 1.807) is 7.11 Å². The van der Waals surface area contributed by atoms with Crippen LogP contribution in [-0.2, 0) is 21.7 Å². The van der Waals surface area contributed by atoms with Crippen molar-refractivity contribution in [3.63, 3.8) is 0 Å². The summed E-state index contributed by atoms with van der Waals surface area (Å²) in [5.74, 6) is 0.667. The Morgan fingerprint density at radius 2 is 2.00 bits per heavy atom. The van der Waals surface area contributed by atoms with Crippen LogP contribution in [0.5, 0.6) is 0 Å². The quantitative estimate of drug-likeness (QED) is 0.842. The van der Waals surface area contributed by atoms with Gasteiger partial charge >= 0.3 is 0 Å². The van der Waals surface area contributed by atoms with E-state index in [4.69, 9.17) is 9.47 Å². The normalized spacial score (nSPS) is 18.7. The number of hydrogen-bond donors (Lipinski definition) is 1. The van der Waals surface area contributed by atoms with Gasteiger partial charge in [0.25, 0.3) is 5.56 Å². The van der Waals surface area contributed by atoms with E-state index in [-0.39, 0.29) is 5.56 Å². The molecule has 1 fully saturated rings. The predicted octanol–water partition coefficient (Wildman–Crippen LogP) is 2.50. The van der Waals surface area contributed by atoms with Crippen molar-refractivity contribution in [1.29, 1.82) is 0 Å². The second kappa shape index (κ2) is 6.99. The fourth-order valence-electron chi connectivity index (χ4n) is 2.97. The van der Waals surface area contributed by atoms with Gasteiger partial charge in [0.1, 0.15) is 11.4 Å². The third-order valence-electron chi connectivity index (χ3n) is 3.85. The monoisotopic (exact) mass is 280 g/mol. The van der Waals surface area contributed by atoms with Gasteiger partial charge in [-0.15, -0.1) is 0 Å². The molecule has 20 heavy (non-hydrogen) atoms. The Kier molecular flexibility index (Phi) is 5.31. The fourth-order valence-corrected chi connectivity index (χ4v) is 2.97. The molecule has 1 N–H and O–H groups in total. The Bertz CT molecular complexity index is 476. The zero-order valence-electron chi connectivity index (χ0n) is 12.4. The third kappa shape index (κ3) is 3.46. The summed E-state index contributed by atoms with van der Waals surface area (Å²) in [7, 11) is 1.60. The number of aromatic nitrogens is 2. The molecular weight excluding hydrogens is 256 g/mol. The lowest BCUT2D eigenvalue weighted by molar-refractivity contribution is -0.0628. The first-order chi connectivity index (χ1) is 9.70. The summed E-state index contributed by atoms with van der Waals surface area (Å²) in [6.45, 7) is 2.96. The number of ether oxygens (including phenoxy) is 2. The van der Waals surface area contributed by atoms with Gasteiger partial charge in [-0.3, -0.25) is 4.79 Å². The average molecular weight is 280 g/mol. The standard InChI is InChI=1S/C15H24N2O3/c1-3-20-15(8-6-4-5-7-9-15)14-16-12(11-19-2)10-13(18)17-14/h10H,3-9,11H2,1-2H3,(H,16,17,18). The van der Waals surface area contributed by atoms with E-state index >= 15 is 0 Å². The van der Waals surface area contributed by atoms with Crippen LogP contribution >= 0.6 is 0 Å². The van der Waals surface area contributed by atoms with Gasteiger partial charge in [-0.25, -0.2) is 4.98 Å². The molecule has 1 saturated carbocycles. The summed E-state index contributed by atoms with van der Waals surface area (Å²) >= 11 is 0. The molecule has 1 aliphatic carbocycles. The Labute approximate surface area is 119 Å². The fraction of sp³-hybridized carbons (Fsp3) is 0.733. The van der Waals surface area contributed by atoms with E-state index in [2.05, 4.69) is 9.97 Å². The average Bonchev–Trinajstić information content (AvgIpc) is 2.65. The van der Waals surface area contributed by atoms with Crippen LogP contribution < -0.4 is 5.56 Å². The second-order valence-corrected chi connectivity index (χ2v) is 5.36. The van der Waals surface area contributed by atoms with Gasteiger partial charge in [-0.1, -0.05) is 25.7 Å². The van der Waals surface area contributed by atoms with Gasteiger partial charge in [0.05, 0.1) is 12.3 Å². The maximum absolute atomic E-state index is 11.9. The molecule has 1 aromatic heterocycles. The molecule has 0 aromatic carbocycles. The Morgan fingerprint density at radius 1 is 1.30 bits per heavy atom. The third-order valence-corrected chi connectivity index (χ3v) is 3.85. The van der Waals surface area contributed by atoms with E-state index in [1.165, 1.54) is 18.9 Å². The molecule has 1 aromatic rings. The molecule has 0 spiro atoms. The van der Waals surface area contributed by atoms with Gasteiger partial charge in [0, 0.05) is 19.8 Å². The lowest BCUT2D eigenvalue weighted by Crippen LogP contribution is -2.34. The van der Waals surface area contributed by atoms with Gasteiger partial charge in [0.2, 0.25) is 0 Å². The van der Waals surface area contributed by atoms with Crippen molar-refractivity contribution in [2.24, 2.45) is 0 Å². The summed E-state index contributed by atoms with van der Waals surface area (Å²) in [6.07, 6.45) is 6.49. The minimum absolute atomic E-state index is 0.134. The van der Waals surface area contributed by atoms with Gasteiger partial charge < -0.3 is 14.5 Å². The summed E-state index contributed by atoms with van der Waals surface area (Å²) in [5, 5.41) is 0. The van der Waals surface area contributed by atoms with Crippen LogP contribution in [-0.4, -0.2) is 23.7 Å². The molecule has 112 valence electrons. The van der Waals surface area contributed by atoms with E-state index in [0.717, 1.165) is 25.7 Å². The molecule has 5 nitrogen and oxygen atoms in total. The molecule has 5 heteroatoms. The zero-order chi connectivity index (χ0) is 14.4. The summed E-state index contributed by atoms with van der Waals surface area (Å²) in [6, 6.07) is 1.49. The van der Waals surface area contributed by atoms with Crippen molar-refractivity contribution in [2.45, 2.75) is 57.7 Å². The SMILES string of the molecule is CCOC1(c2nc(COC)cc(=O)[nH]2)CCCCCC1. The Balaban J connectivity index is 2.39. The first-order valence-corrected chi connectivity index (χ1v) is 7.44. The number of methoxy groups -OCH3 is 1. The molecule has 0 amide bonds. The van der Waals surface area contributed by atoms with Crippen LogP contribution in [0.25, 0.3) is 0 Å². The molecular formula is C15H24N2O3. The molecule has 2 rings (SSSR count). The van der Waals surface area contributed by atoms with Crippen LogP contribution in [0.4, 0.5) is 0 Å². The highest BCUT2D eigenvalue weighted by atomic mass is 16.5. The number of H-pyrrole nitrogens is 1. The molecule has 0 unspecified atom stereocenters. The van der Waals surface area contributed by atoms with Crippen molar-refractivity contribution in [1.82, 2.24) is 9.97 Å². The molecule has 1 aliphatic rings. The summed E-state index contributed by atoms with van der Waals surface area (Å²) in [4.78, 5) is 19.3. The molecule has 0 saturated heterocycles. The molecule has 0 atom stereocenters. The Morgan fingerprint density at radius 3 is 2.60 bits per heavy atom. The minimum Gasteiger partial charge on any atom is -0.378 e. The molecule has 1 heterocycles. The second-order valence-electron chi connectivity index (χ2n) is 5.36. The maximum Gasteiger partial charge on any atom is 0.251 e. The molecule has 0 aliphatic heterocycles. The van der Waals surface area contributed by atoms with Gasteiger partial charge in [-0.05, 0) is 19.8 Å². The van der Waals surface area contributed by atoms with Crippen LogP contribution in [0.1, 0.15) is 57.0 Å². The highest BCUT2D eigenvalue weighted by Crippen LogP contribution is 2.37. The lowest BCUT2D eigenvalue weighted by Gasteiger charge is -2.31. The summed E-state index contributed by atoms with van der Waals surface area (Å²) < 4.78 is 11.1. The number of nitrogens with one attached hydrogen (secondary N) is 1. The summed E-state index contributed by atoms with van der Waals surface area (Å²) in [5.41, 5.74) is 0.0914. The topological polar surface area (TPSA) is 64.2 Å². The minimum atomic E-state index is -0.436. The maximum atomic E-state index is 11.9.